The van der Waals surface area contributed by atoms with Gasteiger partial charge >= 0.3 is 5.97 Å². The van der Waals surface area contributed by atoms with Crippen molar-refractivity contribution < 1.29 is 15.0 Å². The minimum Gasteiger partial charge on any atom is -0.478 e. The van der Waals surface area contributed by atoms with E-state index < -0.39 is 5.97 Å². The molecule has 3 heteroatoms. The van der Waals surface area contributed by atoms with Crippen molar-refractivity contribution in [1.82, 2.24) is 0 Å². The van der Waals surface area contributed by atoms with Crippen LogP contribution in [0.5, 0.6) is 0 Å². The zero-order chi connectivity index (χ0) is 13.4. The normalized spacial score (nSPS) is 36.8. The van der Waals surface area contributed by atoms with E-state index in [-0.39, 0.29) is 17.9 Å². The van der Waals surface area contributed by atoms with Gasteiger partial charge in [0.25, 0.3) is 0 Å². The molecular weight excluding hydrogens is 228 g/mol. The van der Waals surface area contributed by atoms with Crippen LogP contribution in [0.15, 0.2) is 22.8 Å². The van der Waals surface area contributed by atoms with Crippen molar-refractivity contribution in [3.8, 4) is 0 Å². The minimum absolute atomic E-state index is 0.208. The van der Waals surface area contributed by atoms with Crippen molar-refractivity contribution in [2.24, 2.45) is 17.8 Å². The van der Waals surface area contributed by atoms with Crippen molar-refractivity contribution in [3.63, 3.8) is 0 Å². The summed E-state index contributed by atoms with van der Waals surface area (Å²) in [5, 5.41) is 19.1. The standard InChI is InChI=1S/C15H22O3/c1-8-4-5-11(6-10(3)15(17)18)13-9(2)7-12(16)14(8)13/h6,8,11-12,14,16H,4-5,7H2,1-3H3,(H,17,18)/b10-6+/t8-,11-,12+,14-/m1/s1. The maximum atomic E-state index is 10.9. The number of aliphatic hydroxyl groups excluding tert-OH is 1. The van der Waals surface area contributed by atoms with Gasteiger partial charge < -0.3 is 10.2 Å². The van der Waals surface area contributed by atoms with Crippen LogP contribution in [0.3, 0.4) is 0 Å². The maximum Gasteiger partial charge on any atom is 0.330 e. The number of carbonyl (C=O) groups is 1. The first kappa shape index (κ1) is 13.3. The lowest BCUT2D eigenvalue weighted by Gasteiger charge is -2.35. The smallest absolute Gasteiger partial charge is 0.330 e. The van der Waals surface area contributed by atoms with Gasteiger partial charge in [-0.3, -0.25) is 0 Å². The number of aliphatic hydroxyl groups is 1. The van der Waals surface area contributed by atoms with E-state index in [4.69, 9.17) is 5.11 Å². The van der Waals surface area contributed by atoms with E-state index in [9.17, 15) is 9.90 Å². The van der Waals surface area contributed by atoms with E-state index in [0.717, 1.165) is 19.3 Å². The number of hydrogen-bond donors (Lipinski definition) is 2. The van der Waals surface area contributed by atoms with Crippen LogP contribution in [0.4, 0.5) is 0 Å². The molecule has 0 heterocycles. The summed E-state index contributed by atoms with van der Waals surface area (Å²) < 4.78 is 0. The van der Waals surface area contributed by atoms with Crippen LogP contribution in [0, 0.1) is 17.8 Å². The quantitative estimate of drug-likeness (QED) is 0.585. The van der Waals surface area contributed by atoms with Crippen LogP contribution in [-0.4, -0.2) is 22.3 Å². The van der Waals surface area contributed by atoms with Crippen molar-refractivity contribution in [2.45, 2.75) is 46.1 Å². The molecule has 0 bridgehead atoms. The first-order valence-corrected chi connectivity index (χ1v) is 6.71. The van der Waals surface area contributed by atoms with E-state index in [1.54, 1.807) is 6.92 Å². The predicted octanol–water partition coefficient (Wildman–Crippen LogP) is 2.76. The van der Waals surface area contributed by atoms with Gasteiger partial charge in [0.15, 0.2) is 0 Å². The molecule has 100 valence electrons. The highest BCUT2D eigenvalue weighted by Gasteiger charge is 2.41. The molecule has 1 saturated carbocycles. The van der Waals surface area contributed by atoms with Crippen LogP contribution in [-0.2, 0) is 4.79 Å². The van der Waals surface area contributed by atoms with Crippen LogP contribution in [0.25, 0.3) is 0 Å². The van der Waals surface area contributed by atoms with Gasteiger partial charge in [-0.1, -0.05) is 24.1 Å². The third-order valence-electron chi connectivity index (χ3n) is 4.52. The molecule has 2 rings (SSSR count). The lowest BCUT2D eigenvalue weighted by molar-refractivity contribution is -0.132. The number of fused-ring (bicyclic) bond motifs is 1. The van der Waals surface area contributed by atoms with Crippen molar-refractivity contribution >= 4 is 5.97 Å². The van der Waals surface area contributed by atoms with E-state index in [1.807, 2.05) is 6.08 Å². The zero-order valence-electron chi connectivity index (χ0n) is 11.3. The van der Waals surface area contributed by atoms with Gasteiger partial charge in [0.2, 0.25) is 0 Å². The first-order chi connectivity index (χ1) is 8.41. The molecule has 0 aromatic heterocycles. The molecule has 0 unspecified atom stereocenters. The molecule has 2 aliphatic rings. The Morgan fingerprint density at radius 2 is 2.06 bits per heavy atom. The number of allylic oxidation sites excluding steroid dienone is 1. The highest BCUT2D eigenvalue weighted by atomic mass is 16.4. The summed E-state index contributed by atoms with van der Waals surface area (Å²) in [7, 11) is 0. The Morgan fingerprint density at radius 3 is 2.67 bits per heavy atom. The van der Waals surface area contributed by atoms with Gasteiger partial charge in [-0.15, -0.1) is 0 Å². The number of carboxylic acids is 1. The van der Waals surface area contributed by atoms with Gasteiger partial charge in [-0.25, -0.2) is 4.79 Å². The Bertz CT molecular complexity index is 419. The number of aliphatic carboxylic acids is 1. The SMILES string of the molecule is CC1=C2[C@H]([C@H](C)CC[C@@H]2/C=C(\C)C(=O)O)[C@@H](O)C1. The Hall–Kier alpha value is -1.09. The molecule has 3 nitrogen and oxygen atoms in total. The Kier molecular flexibility index (Phi) is 3.62. The average molecular weight is 250 g/mol. The van der Waals surface area contributed by atoms with Crippen LogP contribution in [0.2, 0.25) is 0 Å². The maximum absolute atomic E-state index is 10.9. The fraction of sp³-hybridized carbons (Fsp3) is 0.667. The van der Waals surface area contributed by atoms with Gasteiger partial charge in [-0.05, 0) is 44.9 Å². The highest BCUT2D eigenvalue weighted by Crippen LogP contribution is 2.48. The molecule has 0 saturated heterocycles. The molecular formula is C15H22O3. The molecule has 18 heavy (non-hydrogen) atoms. The third-order valence-corrected chi connectivity index (χ3v) is 4.52. The Labute approximate surface area is 108 Å². The Balaban J connectivity index is 2.31. The Morgan fingerprint density at radius 1 is 1.39 bits per heavy atom. The van der Waals surface area contributed by atoms with Crippen molar-refractivity contribution in [1.29, 1.82) is 0 Å². The molecule has 0 aromatic carbocycles. The summed E-state index contributed by atoms with van der Waals surface area (Å²) in [6, 6.07) is 0. The number of rotatable bonds is 2. The molecule has 2 aliphatic carbocycles. The third kappa shape index (κ3) is 2.24. The van der Waals surface area contributed by atoms with Crippen molar-refractivity contribution in [2.75, 3.05) is 0 Å². The number of hydrogen-bond acceptors (Lipinski definition) is 2. The zero-order valence-corrected chi connectivity index (χ0v) is 11.3. The second-order valence-corrected chi connectivity index (χ2v) is 5.85. The lowest BCUT2D eigenvalue weighted by atomic mass is 9.70. The van der Waals surface area contributed by atoms with E-state index in [0.29, 0.717) is 11.5 Å². The molecule has 0 amide bonds. The minimum atomic E-state index is -0.845. The van der Waals surface area contributed by atoms with Gasteiger partial charge in [0.05, 0.1) is 6.10 Å². The highest BCUT2D eigenvalue weighted by molar-refractivity contribution is 5.85. The van der Waals surface area contributed by atoms with E-state index in [2.05, 4.69) is 13.8 Å². The fourth-order valence-corrected chi connectivity index (χ4v) is 3.62. The van der Waals surface area contributed by atoms with Crippen LogP contribution < -0.4 is 0 Å². The van der Waals surface area contributed by atoms with Crippen molar-refractivity contribution in [3.05, 3.63) is 22.8 Å². The molecule has 0 radical (unpaired) electrons. The second-order valence-electron chi connectivity index (χ2n) is 5.85. The van der Waals surface area contributed by atoms with Crippen LogP contribution >= 0.6 is 0 Å². The van der Waals surface area contributed by atoms with Gasteiger partial charge in [0, 0.05) is 11.5 Å². The average Bonchev–Trinajstić information content (AvgIpc) is 2.59. The number of carboxylic acid groups (broad SMARTS) is 1. The van der Waals surface area contributed by atoms with Gasteiger partial charge in [-0.2, -0.15) is 0 Å². The monoisotopic (exact) mass is 250 g/mol. The summed E-state index contributed by atoms with van der Waals surface area (Å²) in [6.07, 6.45) is 4.42. The summed E-state index contributed by atoms with van der Waals surface area (Å²) in [6.45, 7) is 5.92. The largest absolute Gasteiger partial charge is 0.478 e. The summed E-state index contributed by atoms with van der Waals surface area (Å²) in [5.74, 6) is 0.102. The second kappa shape index (κ2) is 4.88. The van der Waals surface area contributed by atoms with Crippen LogP contribution in [0.1, 0.15) is 40.0 Å². The molecule has 0 spiro atoms. The first-order valence-electron chi connectivity index (χ1n) is 6.71. The van der Waals surface area contributed by atoms with E-state index >= 15 is 0 Å². The summed E-state index contributed by atoms with van der Waals surface area (Å²) in [5.41, 5.74) is 2.98. The van der Waals surface area contributed by atoms with Gasteiger partial charge in [0.1, 0.15) is 0 Å². The molecule has 0 aliphatic heterocycles. The fourth-order valence-electron chi connectivity index (χ4n) is 3.62. The summed E-state index contributed by atoms with van der Waals surface area (Å²) >= 11 is 0. The molecule has 0 aromatic rings. The lowest BCUT2D eigenvalue weighted by Crippen LogP contribution is -2.30. The molecule has 1 fully saturated rings. The summed E-state index contributed by atoms with van der Waals surface area (Å²) in [4.78, 5) is 10.9. The van der Waals surface area contributed by atoms with E-state index in [1.165, 1.54) is 11.1 Å². The molecule has 4 atom stereocenters. The molecule has 2 N–H and O–H groups in total. The predicted molar refractivity (Wildman–Crippen MR) is 70.1 cm³/mol. The topological polar surface area (TPSA) is 57.5 Å².